The molecule has 0 nitrogen and oxygen atoms in total. The molecular formula is C9H5BrF4. The van der Waals surface area contributed by atoms with Crippen molar-refractivity contribution in [1.29, 1.82) is 0 Å². The molecule has 1 aromatic carbocycles. The Morgan fingerprint density at radius 3 is 1.71 bits per heavy atom. The molecule has 0 spiro atoms. The Bertz CT molecular complexity index is 344. The molecule has 1 aromatic rings. The second-order valence-electron chi connectivity index (χ2n) is 3.23. The van der Waals surface area contributed by atoms with Crippen LogP contribution in [0, 0.1) is 0 Å². The van der Waals surface area contributed by atoms with E-state index in [9.17, 15) is 17.6 Å². The van der Waals surface area contributed by atoms with Crippen molar-refractivity contribution in [3.05, 3.63) is 34.3 Å². The van der Waals surface area contributed by atoms with Gasteiger partial charge in [-0.1, -0.05) is 28.1 Å². The van der Waals surface area contributed by atoms with Crippen molar-refractivity contribution >= 4 is 15.9 Å². The van der Waals surface area contributed by atoms with E-state index in [0.717, 1.165) is 0 Å². The van der Waals surface area contributed by atoms with E-state index in [2.05, 4.69) is 15.9 Å². The van der Waals surface area contributed by atoms with E-state index in [1.165, 1.54) is 24.3 Å². The van der Waals surface area contributed by atoms with Gasteiger partial charge in [0.2, 0.25) is 0 Å². The minimum absolute atomic E-state index is 0.0248. The van der Waals surface area contributed by atoms with E-state index in [1.54, 1.807) is 0 Å². The summed E-state index contributed by atoms with van der Waals surface area (Å²) in [5.41, 5.74) is -0.0248. The number of hydrogen-bond donors (Lipinski definition) is 0. The van der Waals surface area contributed by atoms with Crippen LogP contribution < -0.4 is 0 Å². The monoisotopic (exact) mass is 268 g/mol. The van der Waals surface area contributed by atoms with Crippen molar-refractivity contribution in [2.45, 2.75) is 17.8 Å². The average Bonchev–Trinajstić information content (AvgIpc) is 2.46. The number of hydrogen-bond acceptors (Lipinski definition) is 0. The lowest BCUT2D eigenvalue weighted by Crippen LogP contribution is -2.02. The van der Waals surface area contributed by atoms with Gasteiger partial charge in [0.25, 0.3) is 0 Å². The van der Waals surface area contributed by atoms with Gasteiger partial charge in [-0.25, -0.2) is 0 Å². The third-order valence-electron chi connectivity index (χ3n) is 2.29. The molecule has 0 aromatic heterocycles. The lowest BCUT2D eigenvalue weighted by Gasteiger charge is -1.96. The molecule has 0 N–H and O–H groups in total. The van der Waals surface area contributed by atoms with E-state index >= 15 is 0 Å². The van der Waals surface area contributed by atoms with Crippen molar-refractivity contribution in [2.75, 3.05) is 0 Å². The van der Waals surface area contributed by atoms with Crippen molar-refractivity contribution in [3.8, 4) is 0 Å². The lowest BCUT2D eigenvalue weighted by atomic mass is 10.1. The summed E-state index contributed by atoms with van der Waals surface area (Å²) in [6.45, 7) is 0. The van der Waals surface area contributed by atoms with Crippen molar-refractivity contribution in [1.82, 2.24) is 0 Å². The maximum Gasteiger partial charge on any atom is 0.323 e. The van der Waals surface area contributed by atoms with Crippen LogP contribution in [0.3, 0.4) is 0 Å². The summed E-state index contributed by atoms with van der Waals surface area (Å²) in [5, 5.41) is 0. The Balaban J connectivity index is 2.32. The first kappa shape index (κ1) is 9.96. The third-order valence-corrected chi connectivity index (χ3v) is 2.82. The van der Waals surface area contributed by atoms with Crippen molar-refractivity contribution < 1.29 is 17.6 Å². The summed E-state index contributed by atoms with van der Waals surface area (Å²) in [5.74, 6) is -9.73. The van der Waals surface area contributed by atoms with Crippen LogP contribution in [0.15, 0.2) is 28.7 Å². The number of halogens is 5. The van der Waals surface area contributed by atoms with Gasteiger partial charge in [-0.3, -0.25) is 0 Å². The Labute approximate surface area is 86.1 Å². The fourth-order valence-electron chi connectivity index (χ4n) is 1.42. The number of alkyl halides is 4. The van der Waals surface area contributed by atoms with Crippen LogP contribution in [-0.2, 0) is 0 Å². The van der Waals surface area contributed by atoms with Crippen LogP contribution in [0.5, 0.6) is 0 Å². The van der Waals surface area contributed by atoms with E-state index in [4.69, 9.17) is 0 Å². The minimum atomic E-state index is -3.89. The van der Waals surface area contributed by atoms with Gasteiger partial charge in [0.05, 0.1) is 0 Å². The first-order valence-electron chi connectivity index (χ1n) is 3.88. The summed E-state index contributed by atoms with van der Waals surface area (Å²) in [6, 6.07) is 5.51. The van der Waals surface area contributed by atoms with Crippen LogP contribution in [-0.4, -0.2) is 11.8 Å². The highest BCUT2D eigenvalue weighted by molar-refractivity contribution is 9.10. The Morgan fingerprint density at radius 2 is 1.36 bits per heavy atom. The Morgan fingerprint density at radius 1 is 0.929 bits per heavy atom. The van der Waals surface area contributed by atoms with Gasteiger partial charge in [-0.2, -0.15) is 17.6 Å². The molecule has 1 fully saturated rings. The van der Waals surface area contributed by atoms with Gasteiger partial charge in [-0.05, 0) is 17.7 Å². The molecule has 0 aliphatic heterocycles. The Hall–Kier alpha value is -0.580. The number of rotatable bonds is 1. The molecule has 0 amide bonds. The zero-order valence-corrected chi connectivity index (χ0v) is 8.36. The standard InChI is InChI=1S/C9H5BrF4/c10-6-3-1-5(2-4-6)7-8(11,12)9(7,13)14/h1-4,7H. The molecule has 2 rings (SSSR count). The normalized spacial score (nSPS) is 23.5. The number of benzene rings is 1. The van der Waals surface area contributed by atoms with Crippen LogP contribution in [0.2, 0.25) is 0 Å². The first-order valence-corrected chi connectivity index (χ1v) is 4.68. The molecule has 1 aliphatic carbocycles. The predicted molar refractivity (Wildman–Crippen MR) is 46.8 cm³/mol. The molecule has 0 saturated heterocycles. The van der Waals surface area contributed by atoms with Crippen LogP contribution in [0.1, 0.15) is 11.5 Å². The summed E-state index contributed by atoms with van der Waals surface area (Å²) < 4.78 is 51.1. The smallest absolute Gasteiger partial charge is 0.199 e. The highest BCUT2D eigenvalue weighted by Crippen LogP contribution is 2.68. The SMILES string of the molecule is FC1(F)C(c2ccc(Br)cc2)C1(F)F. The van der Waals surface area contributed by atoms with E-state index in [-0.39, 0.29) is 5.56 Å². The molecule has 0 heterocycles. The molecular weight excluding hydrogens is 264 g/mol. The summed E-state index contributed by atoms with van der Waals surface area (Å²) in [6.07, 6.45) is 0. The second kappa shape index (κ2) is 2.72. The van der Waals surface area contributed by atoms with Crippen molar-refractivity contribution in [3.63, 3.8) is 0 Å². The summed E-state index contributed by atoms with van der Waals surface area (Å²) >= 11 is 3.10. The first-order chi connectivity index (χ1) is 6.37. The molecule has 1 saturated carbocycles. The lowest BCUT2D eigenvalue weighted by molar-refractivity contribution is -0.0278. The fraction of sp³-hybridized carbons (Fsp3) is 0.333. The topological polar surface area (TPSA) is 0 Å². The summed E-state index contributed by atoms with van der Waals surface area (Å²) in [7, 11) is 0. The zero-order valence-electron chi connectivity index (χ0n) is 6.78. The molecule has 76 valence electrons. The van der Waals surface area contributed by atoms with Crippen molar-refractivity contribution in [2.24, 2.45) is 0 Å². The van der Waals surface area contributed by atoms with E-state index < -0.39 is 17.8 Å². The second-order valence-corrected chi connectivity index (χ2v) is 4.15. The van der Waals surface area contributed by atoms with Gasteiger partial charge in [0, 0.05) is 4.47 Å². The van der Waals surface area contributed by atoms with Gasteiger partial charge in [-0.15, -0.1) is 0 Å². The largest absolute Gasteiger partial charge is 0.323 e. The molecule has 0 unspecified atom stereocenters. The highest BCUT2D eigenvalue weighted by Gasteiger charge is 2.85. The molecule has 0 bridgehead atoms. The fourth-order valence-corrected chi connectivity index (χ4v) is 1.68. The quantitative estimate of drug-likeness (QED) is 0.680. The van der Waals surface area contributed by atoms with Gasteiger partial charge in [0.15, 0.2) is 0 Å². The molecule has 0 atom stereocenters. The third kappa shape index (κ3) is 1.18. The van der Waals surface area contributed by atoms with Crippen LogP contribution in [0.4, 0.5) is 17.6 Å². The molecule has 1 aliphatic rings. The van der Waals surface area contributed by atoms with Gasteiger partial charge >= 0.3 is 11.8 Å². The van der Waals surface area contributed by atoms with Crippen LogP contribution in [0.25, 0.3) is 0 Å². The zero-order chi connectivity index (χ0) is 10.6. The maximum atomic E-state index is 12.6. The highest BCUT2D eigenvalue weighted by atomic mass is 79.9. The maximum absolute atomic E-state index is 12.6. The molecule has 14 heavy (non-hydrogen) atoms. The molecule has 0 radical (unpaired) electrons. The predicted octanol–water partition coefficient (Wildman–Crippen LogP) is 3.82. The van der Waals surface area contributed by atoms with E-state index in [0.29, 0.717) is 4.47 Å². The van der Waals surface area contributed by atoms with Crippen LogP contribution >= 0.6 is 15.9 Å². The van der Waals surface area contributed by atoms with E-state index in [1.807, 2.05) is 0 Å². The van der Waals surface area contributed by atoms with Gasteiger partial charge in [0.1, 0.15) is 5.92 Å². The molecule has 5 heteroatoms. The average molecular weight is 269 g/mol. The minimum Gasteiger partial charge on any atom is -0.199 e. The summed E-state index contributed by atoms with van der Waals surface area (Å²) in [4.78, 5) is 0. The Kier molecular flexibility index (Phi) is 1.93. The van der Waals surface area contributed by atoms with Gasteiger partial charge < -0.3 is 0 Å².